The van der Waals surface area contributed by atoms with E-state index < -0.39 is 5.78 Å². The van der Waals surface area contributed by atoms with Gasteiger partial charge in [0.2, 0.25) is 11.6 Å². The zero-order valence-electron chi connectivity index (χ0n) is 13.8. The van der Waals surface area contributed by atoms with Gasteiger partial charge >= 0.3 is 0 Å². The van der Waals surface area contributed by atoms with Gasteiger partial charge in [-0.1, -0.05) is 12.1 Å². The molecule has 3 aromatic rings. The summed E-state index contributed by atoms with van der Waals surface area (Å²) in [4.78, 5) is 16.0. The molecule has 3 rings (SSSR count). The highest BCUT2D eigenvalue weighted by Gasteiger charge is 2.14. The zero-order chi connectivity index (χ0) is 18.0. The van der Waals surface area contributed by atoms with Gasteiger partial charge in [-0.25, -0.2) is 9.37 Å². The van der Waals surface area contributed by atoms with Crippen molar-refractivity contribution in [2.24, 2.45) is 14.1 Å². The Labute approximate surface area is 143 Å². The molecule has 2 aromatic heterocycles. The third-order valence-electron chi connectivity index (χ3n) is 3.71. The minimum absolute atomic E-state index is 0.0186. The van der Waals surface area contributed by atoms with Crippen LogP contribution >= 0.6 is 0 Å². The summed E-state index contributed by atoms with van der Waals surface area (Å²) in [5.41, 5.74) is 2.26. The molecule has 0 fully saturated rings. The molecule has 6 nitrogen and oxygen atoms in total. The lowest BCUT2D eigenvalue weighted by molar-refractivity contribution is 0.103. The van der Waals surface area contributed by atoms with Gasteiger partial charge in [-0.15, -0.1) is 5.10 Å². The van der Waals surface area contributed by atoms with E-state index in [0.717, 1.165) is 17.2 Å². The maximum atomic E-state index is 13.0. The van der Waals surface area contributed by atoms with Gasteiger partial charge in [-0.05, 0) is 29.7 Å². The van der Waals surface area contributed by atoms with E-state index in [9.17, 15) is 14.3 Å². The van der Waals surface area contributed by atoms with E-state index in [4.69, 9.17) is 0 Å². The van der Waals surface area contributed by atoms with Gasteiger partial charge in [0.1, 0.15) is 17.9 Å². The van der Waals surface area contributed by atoms with Crippen molar-refractivity contribution in [1.29, 1.82) is 0 Å². The molecule has 0 radical (unpaired) electrons. The number of aliphatic hydroxyl groups excluding tert-OH is 1. The molecule has 1 N–H and O–H groups in total. The van der Waals surface area contributed by atoms with Gasteiger partial charge in [0.25, 0.3) is 0 Å². The van der Waals surface area contributed by atoms with Crippen LogP contribution in [-0.2, 0) is 20.5 Å². The lowest BCUT2D eigenvalue weighted by atomic mass is 10.0. The van der Waals surface area contributed by atoms with E-state index in [0.29, 0.717) is 12.0 Å². The first-order valence-electron chi connectivity index (χ1n) is 7.62. The van der Waals surface area contributed by atoms with Crippen molar-refractivity contribution in [3.63, 3.8) is 0 Å². The molecular formula is C18H17FN4O2. The number of ketones is 1. The van der Waals surface area contributed by atoms with Crippen LogP contribution in [0.4, 0.5) is 4.39 Å². The molecule has 0 bridgehead atoms. The third kappa shape index (κ3) is 3.82. The molecule has 0 aliphatic rings. The van der Waals surface area contributed by atoms with Crippen LogP contribution in [-0.4, -0.2) is 30.2 Å². The smallest absolute Gasteiger partial charge is 0.228 e. The molecule has 0 amide bonds. The predicted octanol–water partition coefficient (Wildman–Crippen LogP) is 2.67. The Bertz CT molecular complexity index is 938. The van der Waals surface area contributed by atoms with Crippen LogP contribution in [0.1, 0.15) is 27.3 Å². The van der Waals surface area contributed by atoms with Crippen LogP contribution in [0.15, 0.2) is 49.1 Å². The third-order valence-corrected chi connectivity index (χ3v) is 3.71. The number of benzene rings is 1. The first-order chi connectivity index (χ1) is 11.9. The Hall–Kier alpha value is -3.22. The van der Waals surface area contributed by atoms with Crippen molar-refractivity contribution < 1.29 is 14.3 Å². The Morgan fingerprint density at radius 3 is 2.60 bits per heavy atom. The molecule has 0 saturated carbocycles. The topological polar surface area (TPSA) is 72.9 Å². The highest BCUT2D eigenvalue weighted by molar-refractivity contribution is 6.05. The fraction of sp³-hybridized carbons (Fsp3) is 0.167. The number of carbonyl (C=O) groups excluding carboxylic acids is 1. The lowest BCUT2D eigenvalue weighted by Gasteiger charge is -2.04. The Morgan fingerprint density at radius 2 is 1.96 bits per heavy atom. The number of carbonyl (C=O) groups is 1. The van der Waals surface area contributed by atoms with Crippen LogP contribution in [0.25, 0.3) is 5.76 Å². The van der Waals surface area contributed by atoms with Gasteiger partial charge in [0.15, 0.2) is 0 Å². The molecular weight excluding hydrogens is 323 g/mol. The Balaban J connectivity index is 1.87. The molecule has 0 aliphatic carbocycles. The van der Waals surface area contributed by atoms with Crippen LogP contribution in [0.5, 0.6) is 0 Å². The van der Waals surface area contributed by atoms with Crippen molar-refractivity contribution in [2.45, 2.75) is 6.42 Å². The zero-order valence-corrected chi connectivity index (χ0v) is 13.8. The second-order valence-electron chi connectivity index (χ2n) is 5.80. The summed E-state index contributed by atoms with van der Waals surface area (Å²) in [6, 6.07) is 6.17. The van der Waals surface area contributed by atoms with E-state index >= 15 is 0 Å². The molecule has 1 aromatic carbocycles. The SMILES string of the molecule is Cn1cc(Cc2ccc(F)cc2)c(C(O)=CC(=O)c2ncn(C)n2)c1. The van der Waals surface area contributed by atoms with E-state index in [1.54, 1.807) is 29.9 Å². The molecule has 0 atom stereocenters. The fourth-order valence-corrected chi connectivity index (χ4v) is 2.55. The summed E-state index contributed by atoms with van der Waals surface area (Å²) < 4.78 is 16.2. The van der Waals surface area contributed by atoms with Crippen molar-refractivity contribution >= 4 is 11.5 Å². The maximum absolute atomic E-state index is 13.0. The molecule has 25 heavy (non-hydrogen) atoms. The van der Waals surface area contributed by atoms with Gasteiger partial charge in [0, 0.05) is 38.1 Å². The predicted molar refractivity (Wildman–Crippen MR) is 90.6 cm³/mol. The summed E-state index contributed by atoms with van der Waals surface area (Å²) >= 11 is 0. The molecule has 0 aliphatic heterocycles. The van der Waals surface area contributed by atoms with Crippen molar-refractivity contribution in [3.8, 4) is 0 Å². The number of halogens is 1. The van der Waals surface area contributed by atoms with E-state index in [-0.39, 0.29) is 17.4 Å². The van der Waals surface area contributed by atoms with Gasteiger partial charge in [0.05, 0.1) is 0 Å². The molecule has 128 valence electrons. The molecule has 0 spiro atoms. The average molecular weight is 340 g/mol. The van der Waals surface area contributed by atoms with E-state index in [2.05, 4.69) is 10.1 Å². The quantitative estimate of drug-likeness (QED) is 0.440. The fourth-order valence-electron chi connectivity index (χ4n) is 2.55. The number of aryl methyl sites for hydroxylation is 2. The molecule has 0 unspecified atom stereocenters. The summed E-state index contributed by atoms with van der Waals surface area (Å²) in [7, 11) is 3.48. The van der Waals surface area contributed by atoms with Crippen LogP contribution in [0, 0.1) is 5.82 Å². The highest BCUT2D eigenvalue weighted by atomic mass is 19.1. The first-order valence-corrected chi connectivity index (χ1v) is 7.62. The summed E-state index contributed by atoms with van der Waals surface area (Å²) in [5.74, 6) is -0.914. The summed E-state index contributed by atoms with van der Waals surface area (Å²) in [6.45, 7) is 0. The summed E-state index contributed by atoms with van der Waals surface area (Å²) in [5, 5.41) is 14.3. The number of hydrogen-bond acceptors (Lipinski definition) is 4. The van der Waals surface area contributed by atoms with E-state index in [1.807, 2.05) is 13.2 Å². The minimum atomic E-state index is -0.477. The lowest BCUT2D eigenvalue weighted by Crippen LogP contribution is -2.01. The molecule has 7 heteroatoms. The van der Waals surface area contributed by atoms with Crippen LogP contribution < -0.4 is 0 Å². The monoisotopic (exact) mass is 340 g/mol. The molecule has 2 heterocycles. The number of aliphatic hydroxyl groups is 1. The van der Waals surface area contributed by atoms with Crippen molar-refractivity contribution in [1.82, 2.24) is 19.3 Å². The number of rotatable bonds is 5. The summed E-state index contributed by atoms with van der Waals surface area (Å²) in [6.07, 6.45) is 6.61. The number of nitrogens with zero attached hydrogens (tertiary/aromatic N) is 4. The van der Waals surface area contributed by atoms with Gasteiger partial charge in [-0.2, -0.15) is 0 Å². The number of hydrogen-bond donors (Lipinski definition) is 1. The van der Waals surface area contributed by atoms with Gasteiger partial charge < -0.3 is 9.67 Å². The number of allylic oxidation sites excluding steroid dienone is 1. The maximum Gasteiger partial charge on any atom is 0.228 e. The van der Waals surface area contributed by atoms with Crippen LogP contribution in [0.3, 0.4) is 0 Å². The van der Waals surface area contributed by atoms with Crippen molar-refractivity contribution in [3.05, 3.63) is 77.4 Å². The minimum Gasteiger partial charge on any atom is -0.507 e. The van der Waals surface area contributed by atoms with Crippen LogP contribution in [0.2, 0.25) is 0 Å². The second kappa shape index (κ2) is 6.72. The average Bonchev–Trinajstić information content (AvgIpc) is 3.15. The largest absolute Gasteiger partial charge is 0.507 e. The first kappa shape index (κ1) is 16.6. The normalized spacial score (nSPS) is 11.7. The standard InChI is InChI=1S/C18H17FN4O2/c1-22-9-13(7-12-3-5-14(19)6-4-12)15(10-22)16(24)8-17(25)18-20-11-23(2)21-18/h3-6,8-11,24H,7H2,1-2H3. The Kier molecular flexibility index (Phi) is 4.47. The Morgan fingerprint density at radius 1 is 1.24 bits per heavy atom. The van der Waals surface area contributed by atoms with E-state index in [1.165, 1.54) is 23.1 Å². The highest BCUT2D eigenvalue weighted by Crippen LogP contribution is 2.22. The van der Waals surface area contributed by atoms with Crippen molar-refractivity contribution in [2.75, 3.05) is 0 Å². The molecule has 0 saturated heterocycles. The second-order valence-corrected chi connectivity index (χ2v) is 5.80. The van der Waals surface area contributed by atoms with Gasteiger partial charge in [-0.3, -0.25) is 9.48 Å². The number of aromatic nitrogens is 4.